The molecule has 44 valence electrons. The normalized spacial score (nSPS) is 12.0. The van der Waals surface area contributed by atoms with Gasteiger partial charge in [0, 0.05) is 0 Å². The third-order valence-corrected chi connectivity index (χ3v) is 0.488. The first kappa shape index (κ1) is 6.89. The Labute approximate surface area is 43.4 Å². The Bertz CT molecular complexity index is 46.5. The molecule has 0 spiro atoms. The zero-order chi connectivity index (χ0) is 5.91. The van der Waals surface area contributed by atoms with Gasteiger partial charge in [0.05, 0.1) is 6.61 Å². The summed E-state index contributed by atoms with van der Waals surface area (Å²) in [5, 5.41) is 0. The van der Waals surface area contributed by atoms with E-state index in [1.165, 1.54) is 0 Å². The first-order valence-corrected chi connectivity index (χ1v) is 2.30. The molecular formula is C5H11FO. The van der Waals surface area contributed by atoms with Gasteiger partial charge in [-0.2, -0.15) is 4.94 Å². The Morgan fingerprint density at radius 1 is 1.43 bits per heavy atom. The van der Waals surface area contributed by atoms with Gasteiger partial charge < -0.3 is 0 Å². The van der Waals surface area contributed by atoms with Crippen molar-refractivity contribution in [2.45, 2.75) is 20.8 Å². The van der Waals surface area contributed by atoms with Crippen molar-refractivity contribution >= 4 is 0 Å². The Morgan fingerprint density at radius 3 is 1.86 bits per heavy atom. The van der Waals surface area contributed by atoms with Crippen LogP contribution in [0.5, 0.6) is 0 Å². The highest BCUT2D eigenvalue weighted by Crippen LogP contribution is 2.12. The molecule has 0 aliphatic rings. The lowest BCUT2D eigenvalue weighted by Crippen LogP contribution is -2.10. The monoisotopic (exact) mass is 106 g/mol. The molecule has 0 unspecified atom stereocenters. The Balaban J connectivity index is 3.15. The standard InChI is InChI=1S/C5H11FO/c1-5(2,3)4-7-6/h4H2,1-3H3. The van der Waals surface area contributed by atoms with Crippen molar-refractivity contribution < 1.29 is 9.47 Å². The van der Waals surface area contributed by atoms with Crippen molar-refractivity contribution in [1.82, 2.24) is 0 Å². The van der Waals surface area contributed by atoms with Crippen LogP contribution in [-0.4, -0.2) is 6.61 Å². The van der Waals surface area contributed by atoms with E-state index >= 15 is 0 Å². The summed E-state index contributed by atoms with van der Waals surface area (Å²) >= 11 is 0. The summed E-state index contributed by atoms with van der Waals surface area (Å²) in [4.78, 5) is 3.41. The number of rotatable bonds is 1. The van der Waals surface area contributed by atoms with E-state index in [1.54, 1.807) is 0 Å². The van der Waals surface area contributed by atoms with E-state index < -0.39 is 0 Å². The number of halogens is 1. The summed E-state index contributed by atoms with van der Waals surface area (Å²) in [5.41, 5.74) is -0.0469. The Kier molecular flexibility index (Phi) is 2.23. The average molecular weight is 106 g/mol. The molecule has 0 N–H and O–H groups in total. The second kappa shape index (κ2) is 2.26. The maximum absolute atomic E-state index is 11.0. The molecule has 0 saturated heterocycles. The highest BCUT2D eigenvalue weighted by atomic mass is 19.3. The molecule has 0 heterocycles. The maximum Gasteiger partial charge on any atom is 0.0924 e. The lowest BCUT2D eigenvalue weighted by atomic mass is 9.99. The van der Waals surface area contributed by atoms with Gasteiger partial charge in [0.25, 0.3) is 0 Å². The highest BCUT2D eigenvalue weighted by Gasteiger charge is 2.09. The second-order valence-electron chi connectivity index (χ2n) is 2.81. The van der Waals surface area contributed by atoms with Gasteiger partial charge in [0.1, 0.15) is 0 Å². The zero-order valence-electron chi connectivity index (χ0n) is 4.99. The van der Waals surface area contributed by atoms with Gasteiger partial charge >= 0.3 is 0 Å². The molecule has 0 bridgehead atoms. The van der Waals surface area contributed by atoms with Crippen LogP contribution in [0.4, 0.5) is 4.53 Å². The van der Waals surface area contributed by atoms with Gasteiger partial charge in [-0.3, -0.25) is 0 Å². The minimum atomic E-state index is -0.0469. The molecule has 0 rings (SSSR count). The van der Waals surface area contributed by atoms with Crippen LogP contribution in [0.2, 0.25) is 0 Å². The van der Waals surface area contributed by atoms with Crippen LogP contribution in [0.3, 0.4) is 0 Å². The van der Waals surface area contributed by atoms with Gasteiger partial charge in [-0.05, 0) is 9.94 Å². The van der Waals surface area contributed by atoms with E-state index in [-0.39, 0.29) is 12.0 Å². The summed E-state index contributed by atoms with van der Waals surface area (Å²) in [7, 11) is 0. The van der Waals surface area contributed by atoms with Crippen LogP contribution >= 0.6 is 0 Å². The molecule has 0 aliphatic heterocycles. The van der Waals surface area contributed by atoms with Gasteiger partial charge in [0.15, 0.2) is 0 Å². The largest absolute Gasteiger partial charge is 0.194 e. The molecule has 0 aliphatic carbocycles. The Morgan fingerprint density at radius 2 is 1.86 bits per heavy atom. The fraction of sp³-hybridized carbons (Fsp3) is 1.00. The fourth-order valence-corrected chi connectivity index (χ4v) is 0.164. The first-order chi connectivity index (χ1) is 3.06. The van der Waals surface area contributed by atoms with E-state index in [9.17, 15) is 4.53 Å². The topological polar surface area (TPSA) is 9.23 Å². The van der Waals surface area contributed by atoms with E-state index in [1.807, 2.05) is 20.8 Å². The fourth-order valence-electron chi connectivity index (χ4n) is 0.164. The molecule has 0 saturated carbocycles. The lowest BCUT2D eigenvalue weighted by molar-refractivity contribution is -0.155. The molecule has 0 aromatic heterocycles. The third-order valence-electron chi connectivity index (χ3n) is 0.488. The van der Waals surface area contributed by atoms with Gasteiger partial charge in [-0.25, -0.2) is 0 Å². The summed E-state index contributed by atoms with van der Waals surface area (Å²) in [6.45, 7) is 5.90. The lowest BCUT2D eigenvalue weighted by Gasteiger charge is -2.12. The molecular weight excluding hydrogens is 95.1 g/mol. The summed E-state index contributed by atoms with van der Waals surface area (Å²) in [5.74, 6) is 0. The van der Waals surface area contributed by atoms with Gasteiger partial charge in [0.2, 0.25) is 0 Å². The minimum Gasteiger partial charge on any atom is -0.194 e. The van der Waals surface area contributed by atoms with Crippen LogP contribution in [0.25, 0.3) is 0 Å². The average Bonchev–Trinajstić information content (AvgIpc) is 1.30. The molecule has 0 aromatic carbocycles. The van der Waals surface area contributed by atoms with Crippen LogP contribution in [-0.2, 0) is 4.94 Å². The minimum absolute atomic E-state index is 0.0469. The number of hydrogen-bond donors (Lipinski definition) is 0. The van der Waals surface area contributed by atoms with Crippen LogP contribution in [0.1, 0.15) is 20.8 Å². The smallest absolute Gasteiger partial charge is 0.0924 e. The Hall–Kier alpha value is -0.110. The molecule has 0 fully saturated rings. The third kappa shape index (κ3) is 5.89. The predicted molar refractivity (Wildman–Crippen MR) is 26.5 cm³/mol. The summed E-state index contributed by atoms with van der Waals surface area (Å²) < 4.78 is 11.0. The van der Waals surface area contributed by atoms with E-state index in [2.05, 4.69) is 4.94 Å². The van der Waals surface area contributed by atoms with Gasteiger partial charge in [-0.15, -0.1) is 0 Å². The zero-order valence-corrected chi connectivity index (χ0v) is 4.99. The van der Waals surface area contributed by atoms with Crippen LogP contribution in [0.15, 0.2) is 0 Å². The summed E-state index contributed by atoms with van der Waals surface area (Å²) in [6.07, 6.45) is 0. The number of hydrogen-bond acceptors (Lipinski definition) is 1. The van der Waals surface area contributed by atoms with Crippen LogP contribution < -0.4 is 0 Å². The molecule has 0 radical (unpaired) electrons. The quantitative estimate of drug-likeness (QED) is 0.496. The highest BCUT2D eigenvalue weighted by molar-refractivity contribution is 4.56. The molecule has 1 nitrogen and oxygen atoms in total. The maximum atomic E-state index is 11.0. The van der Waals surface area contributed by atoms with Gasteiger partial charge in [-0.1, -0.05) is 20.8 Å². The molecule has 0 amide bonds. The molecule has 0 atom stereocenters. The van der Waals surface area contributed by atoms with Crippen molar-refractivity contribution in [3.05, 3.63) is 0 Å². The van der Waals surface area contributed by atoms with E-state index in [0.29, 0.717) is 0 Å². The first-order valence-electron chi connectivity index (χ1n) is 2.30. The van der Waals surface area contributed by atoms with E-state index in [0.717, 1.165) is 0 Å². The van der Waals surface area contributed by atoms with Crippen molar-refractivity contribution in [3.8, 4) is 0 Å². The molecule has 7 heavy (non-hydrogen) atoms. The summed E-state index contributed by atoms with van der Waals surface area (Å²) in [6, 6.07) is 0. The van der Waals surface area contributed by atoms with Crippen LogP contribution in [0, 0.1) is 5.41 Å². The van der Waals surface area contributed by atoms with Crippen molar-refractivity contribution in [2.24, 2.45) is 5.41 Å². The molecule has 2 heteroatoms. The van der Waals surface area contributed by atoms with E-state index in [4.69, 9.17) is 0 Å². The van der Waals surface area contributed by atoms with Crippen molar-refractivity contribution in [2.75, 3.05) is 6.61 Å². The second-order valence-corrected chi connectivity index (χ2v) is 2.81. The SMILES string of the molecule is CC(C)(C)COF. The predicted octanol–water partition coefficient (Wildman–Crippen LogP) is 1.93. The molecule has 0 aromatic rings. The van der Waals surface area contributed by atoms with Crippen molar-refractivity contribution in [3.63, 3.8) is 0 Å². The van der Waals surface area contributed by atoms with Crippen molar-refractivity contribution in [1.29, 1.82) is 0 Å².